The van der Waals surface area contributed by atoms with Crippen LogP contribution >= 0.6 is 0 Å². The van der Waals surface area contributed by atoms with Crippen molar-refractivity contribution in [1.82, 2.24) is 4.98 Å². The van der Waals surface area contributed by atoms with Crippen molar-refractivity contribution in [2.45, 2.75) is 12.8 Å². The lowest BCUT2D eigenvalue weighted by molar-refractivity contribution is -0.599. The molecule has 0 radical (unpaired) electrons. The van der Waals surface area contributed by atoms with Crippen molar-refractivity contribution in [2.75, 3.05) is 0 Å². The Hall–Kier alpha value is -2.22. The number of pyridine rings is 2. The van der Waals surface area contributed by atoms with Gasteiger partial charge in [0, 0.05) is 6.07 Å². The van der Waals surface area contributed by atoms with E-state index in [4.69, 9.17) is 0 Å². The summed E-state index contributed by atoms with van der Waals surface area (Å²) < 4.78 is 2.01. The molecule has 0 atom stereocenters. The van der Waals surface area contributed by atoms with E-state index in [1.54, 1.807) is 0 Å². The molecule has 18 heavy (non-hydrogen) atoms. The molecule has 90 valence electrons. The van der Waals surface area contributed by atoms with Crippen molar-refractivity contribution in [2.24, 2.45) is 0 Å². The summed E-state index contributed by atoms with van der Waals surface area (Å²) in [5.74, 6) is 0.930. The summed E-state index contributed by atoms with van der Waals surface area (Å²) in [5.41, 5.74) is 2.47. The Balaban J connectivity index is 2.27. The Morgan fingerprint density at radius 3 is 2.33 bits per heavy atom. The minimum atomic E-state index is 0.866. The van der Waals surface area contributed by atoms with Crippen molar-refractivity contribution in [3.05, 3.63) is 79.3 Å². The average molecular weight is 237 g/mol. The lowest BCUT2D eigenvalue weighted by atomic mass is 10.2. The molecule has 2 nitrogen and oxygen atoms in total. The third-order valence-electron chi connectivity index (χ3n) is 2.73. The predicted molar refractivity (Wildman–Crippen MR) is 73.6 cm³/mol. The number of aromatic nitrogens is 2. The van der Waals surface area contributed by atoms with Crippen LogP contribution in [0.5, 0.6) is 0 Å². The van der Waals surface area contributed by atoms with E-state index in [0.29, 0.717) is 0 Å². The van der Waals surface area contributed by atoms with E-state index in [9.17, 15) is 0 Å². The zero-order valence-corrected chi connectivity index (χ0v) is 10.4. The second-order valence-electron chi connectivity index (χ2n) is 4.12. The van der Waals surface area contributed by atoms with Crippen LogP contribution in [0.3, 0.4) is 0 Å². The summed E-state index contributed by atoms with van der Waals surface area (Å²) in [6.07, 6.45) is 11.4. The third-order valence-corrected chi connectivity index (χ3v) is 2.73. The summed E-state index contributed by atoms with van der Waals surface area (Å²) in [6, 6.07) is 8.26. The average Bonchev–Trinajstić information content (AvgIpc) is 2.41. The molecule has 0 bridgehead atoms. The lowest BCUT2D eigenvalue weighted by Crippen LogP contribution is -2.30. The first-order valence-electron chi connectivity index (χ1n) is 6.01. The van der Waals surface area contributed by atoms with Gasteiger partial charge in [-0.1, -0.05) is 12.2 Å². The van der Waals surface area contributed by atoms with E-state index < -0.39 is 0 Å². The van der Waals surface area contributed by atoms with Crippen molar-refractivity contribution in [3.63, 3.8) is 0 Å². The topological polar surface area (TPSA) is 16.8 Å². The van der Waals surface area contributed by atoms with Crippen molar-refractivity contribution >= 4 is 0 Å². The highest BCUT2D eigenvalue weighted by molar-refractivity contribution is 5.23. The Morgan fingerprint density at radius 1 is 1.00 bits per heavy atom. The van der Waals surface area contributed by atoms with Crippen LogP contribution in [-0.2, 0) is 12.8 Å². The first kappa shape index (κ1) is 12.2. The van der Waals surface area contributed by atoms with Gasteiger partial charge in [0.2, 0.25) is 0 Å². The fourth-order valence-corrected chi connectivity index (χ4v) is 1.81. The standard InChI is InChI=1S/C16H17N2/c1-3-5-14-8-11-18(12-9-14)16-13-15(6-4-2)7-10-17-16/h3-4,7-13H,1-2,5-6H2/q+1. The molecule has 0 aliphatic heterocycles. The molecule has 2 heteroatoms. The fourth-order valence-electron chi connectivity index (χ4n) is 1.81. The molecule has 0 N–H and O–H groups in total. The zero-order chi connectivity index (χ0) is 12.8. The highest BCUT2D eigenvalue weighted by atomic mass is 15.0. The van der Waals surface area contributed by atoms with E-state index >= 15 is 0 Å². The van der Waals surface area contributed by atoms with Crippen molar-refractivity contribution in [1.29, 1.82) is 0 Å². The van der Waals surface area contributed by atoms with Crippen LogP contribution < -0.4 is 4.57 Å². The largest absolute Gasteiger partial charge is 0.327 e. The molecule has 0 saturated heterocycles. The Bertz CT molecular complexity index is 541. The predicted octanol–water partition coefficient (Wildman–Crippen LogP) is 2.82. The Labute approximate surface area is 108 Å². The number of rotatable bonds is 5. The van der Waals surface area contributed by atoms with Gasteiger partial charge in [0.05, 0.1) is 12.4 Å². The molecule has 0 aliphatic carbocycles. The maximum atomic E-state index is 4.38. The van der Waals surface area contributed by atoms with Gasteiger partial charge in [0.1, 0.15) is 6.20 Å². The van der Waals surface area contributed by atoms with E-state index in [0.717, 1.165) is 18.7 Å². The minimum absolute atomic E-state index is 0.866. The fraction of sp³-hybridized carbons (Fsp3) is 0.125. The van der Waals surface area contributed by atoms with E-state index in [-0.39, 0.29) is 0 Å². The van der Waals surface area contributed by atoms with Gasteiger partial charge < -0.3 is 0 Å². The Kier molecular flexibility index (Phi) is 4.02. The molecule has 2 aromatic heterocycles. The smallest absolute Gasteiger partial charge is 0.203 e. The molecular weight excluding hydrogens is 220 g/mol. The van der Waals surface area contributed by atoms with Gasteiger partial charge in [-0.3, -0.25) is 0 Å². The molecule has 0 saturated carbocycles. The van der Waals surface area contributed by atoms with Crippen LogP contribution in [0.4, 0.5) is 0 Å². The van der Waals surface area contributed by atoms with Gasteiger partial charge >= 0.3 is 5.82 Å². The van der Waals surface area contributed by atoms with E-state index in [2.05, 4.69) is 36.3 Å². The first-order chi connectivity index (χ1) is 8.83. The maximum Gasteiger partial charge on any atom is 0.327 e. The number of nitrogens with zero attached hydrogens (tertiary/aromatic N) is 2. The molecule has 0 unspecified atom stereocenters. The summed E-state index contributed by atoms with van der Waals surface area (Å²) >= 11 is 0. The summed E-state index contributed by atoms with van der Waals surface area (Å²) in [5, 5.41) is 0. The normalized spacial score (nSPS) is 10.0. The maximum absolute atomic E-state index is 4.38. The summed E-state index contributed by atoms with van der Waals surface area (Å²) in [6.45, 7) is 7.49. The van der Waals surface area contributed by atoms with E-state index in [1.165, 1.54) is 11.1 Å². The first-order valence-corrected chi connectivity index (χ1v) is 6.01. The van der Waals surface area contributed by atoms with Gasteiger partial charge in [-0.05, 0) is 47.2 Å². The lowest BCUT2D eigenvalue weighted by Gasteiger charge is -2.00. The third kappa shape index (κ3) is 2.92. The highest BCUT2D eigenvalue weighted by Gasteiger charge is 2.07. The van der Waals surface area contributed by atoms with Crippen LogP contribution in [-0.4, -0.2) is 4.98 Å². The molecule has 0 aliphatic rings. The molecule has 2 rings (SSSR count). The van der Waals surface area contributed by atoms with Gasteiger partial charge in [-0.15, -0.1) is 13.2 Å². The van der Waals surface area contributed by atoms with Crippen LogP contribution in [0.25, 0.3) is 5.82 Å². The molecule has 0 fully saturated rings. The van der Waals surface area contributed by atoms with Crippen LogP contribution in [0.2, 0.25) is 0 Å². The van der Waals surface area contributed by atoms with Gasteiger partial charge in [0.15, 0.2) is 0 Å². The zero-order valence-electron chi connectivity index (χ0n) is 10.4. The second kappa shape index (κ2) is 5.92. The van der Waals surface area contributed by atoms with E-state index in [1.807, 2.05) is 41.4 Å². The van der Waals surface area contributed by atoms with Gasteiger partial charge in [0.25, 0.3) is 0 Å². The number of hydrogen-bond donors (Lipinski definition) is 0. The van der Waals surface area contributed by atoms with Gasteiger partial charge in [-0.2, -0.15) is 0 Å². The highest BCUT2D eigenvalue weighted by Crippen LogP contribution is 2.04. The minimum Gasteiger partial charge on any atom is -0.203 e. The monoisotopic (exact) mass is 237 g/mol. The van der Waals surface area contributed by atoms with Crippen molar-refractivity contribution in [3.8, 4) is 5.82 Å². The number of hydrogen-bond acceptors (Lipinski definition) is 1. The Morgan fingerprint density at radius 2 is 1.67 bits per heavy atom. The molecule has 0 spiro atoms. The van der Waals surface area contributed by atoms with Gasteiger partial charge in [-0.25, -0.2) is 4.57 Å². The molecular formula is C16H17N2+. The van der Waals surface area contributed by atoms with Crippen LogP contribution in [0, 0.1) is 0 Å². The van der Waals surface area contributed by atoms with Crippen molar-refractivity contribution < 1.29 is 4.57 Å². The number of allylic oxidation sites excluding steroid dienone is 2. The van der Waals surface area contributed by atoms with Crippen LogP contribution in [0.15, 0.2) is 68.2 Å². The quantitative estimate of drug-likeness (QED) is 0.577. The SMILES string of the molecule is C=CCc1cc[n+](-c2cc(CC=C)ccn2)cc1. The molecule has 0 aromatic carbocycles. The molecule has 2 heterocycles. The molecule has 2 aromatic rings. The molecule has 0 amide bonds. The van der Waals surface area contributed by atoms with Crippen LogP contribution in [0.1, 0.15) is 11.1 Å². The summed E-state index contributed by atoms with van der Waals surface area (Å²) in [7, 11) is 0. The summed E-state index contributed by atoms with van der Waals surface area (Å²) in [4.78, 5) is 4.38. The second-order valence-corrected chi connectivity index (χ2v) is 4.12.